The third-order valence-corrected chi connectivity index (χ3v) is 3.94. The smallest absolute Gasteiger partial charge is 0.218 e. The molecule has 14 heavy (non-hydrogen) atoms. The molecule has 1 rings (SSSR count). The van der Waals surface area contributed by atoms with Crippen molar-refractivity contribution in [1.82, 2.24) is 0 Å². The van der Waals surface area contributed by atoms with E-state index in [1.807, 2.05) is 0 Å². The maximum atomic E-state index is 11.3. The van der Waals surface area contributed by atoms with Crippen LogP contribution in [0.25, 0.3) is 0 Å². The quantitative estimate of drug-likeness (QED) is 0.799. The summed E-state index contributed by atoms with van der Waals surface area (Å²) in [6.45, 7) is 1.65. The molecule has 0 spiro atoms. The van der Waals surface area contributed by atoms with Gasteiger partial charge >= 0.3 is 0 Å². The number of halogens is 4. The van der Waals surface area contributed by atoms with Crippen LogP contribution in [0.5, 0.6) is 0 Å². The summed E-state index contributed by atoms with van der Waals surface area (Å²) in [5.41, 5.74) is -1.63. The molecular formula is C8H6Cl4O2. The van der Waals surface area contributed by atoms with Crippen LogP contribution in [0.4, 0.5) is 0 Å². The number of allylic oxidation sites excluding steroid dienone is 2. The molecule has 0 atom stereocenters. The lowest BCUT2D eigenvalue weighted by molar-refractivity contribution is -0.111. The Kier molecular flexibility index (Phi) is 3.55. The van der Waals surface area contributed by atoms with Crippen LogP contribution in [-0.2, 0) is 4.79 Å². The Morgan fingerprint density at radius 3 is 1.79 bits per heavy atom. The lowest BCUT2D eigenvalue weighted by Gasteiger charge is -2.30. The first-order valence-electron chi connectivity index (χ1n) is 3.74. The second-order valence-corrected chi connectivity index (χ2v) is 4.31. The van der Waals surface area contributed by atoms with Gasteiger partial charge < -0.3 is 5.11 Å². The standard InChI is InChI=1S/C8H6Cl4O2/c1-2-8(14)6(11)3(9)5(13)4(10)7(8)12/h14H,2H2,1H3. The predicted octanol–water partition coefficient (Wildman–Crippen LogP) is 3.09. The summed E-state index contributed by atoms with van der Waals surface area (Å²) < 4.78 is 0. The summed E-state index contributed by atoms with van der Waals surface area (Å²) in [4.78, 5) is 11.3. The fraction of sp³-hybridized carbons (Fsp3) is 0.375. The monoisotopic (exact) mass is 274 g/mol. The van der Waals surface area contributed by atoms with Crippen molar-refractivity contribution >= 4 is 52.2 Å². The van der Waals surface area contributed by atoms with Crippen LogP contribution in [0, 0.1) is 0 Å². The first kappa shape index (κ1) is 12.3. The lowest BCUT2D eigenvalue weighted by atomic mass is 9.93. The first-order chi connectivity index (χ1) is 6.36. The maximum Gasteiger partial charge on any atom is 0.218 e. The number of aliphatic hydroxyl groups is 1. The molecule has 0 heterocycles. The van der Waals surface area contributed by atoms with Crippen LogP contribution < -0.4 is 0 Å². The highest BCUT2D eigenvalue weighted by Gasteiger charge is 2.43. The molecule has 0 amide bonds. The van der Waals surface area contributed by atoms with Gasteiger partial charge in [-0.25, -0.2) is 0 Å². The summed E-state index contributed by atoms with van der Waals surface area (Å²) in [5, 5.41) is 9.04. The second-order valence-electron chi connectivity index (χ2n) is 2.80. The molecule has 1 N–H and O–H groups in total. The predicted molar refractivity (Wildman–Crippen MR) is 57.7 cm³/mol. The van der Waals surface area contributed by atoms with E-state index in [1.54, 1.807) is 6.92 Å². The van der Waals surface area contributed by atoms with Crippen molar-refractivity contribution in [3.8, 4) is 0 Å². The third-order valence-electron chi connectivity index (χ3n) is 2.02. The average molecular weight is 276 g/mol. The van der Waals surface area contributed by atoms with E-state index in [0.717, 1.165) is 0 Å². The normalized spacial score (nSPS) is 22.0. The summed E-state index contributed by atoms with van der Waals surface area (Å²) >= 11 is 22.7. The Balaban J connectivity index is 3.41. The summed E-state index contributed by atoms with van der Waals surface area (Å²) in [7, 11) is 0. The van der Waals surface area contributed by atoms with Gasteiger partial charge in [0.1, 0.15) is 15.7 Å². The number of ketones is 1. The molecule has 0 fully saturated rings. The molecule has 6 heteroatoms. The van der Waals surface area contributed by atoms with E-state index < -0.39 is 11.4 Å². The molecule has 0 aromatic rings. The van der Waals surface area contributed by atoms with E-state index in [0.29, 0.717) is 0 Å². The van der Waals surface area contributed by atoms with Gasteiger partial charge in [-0.2, -0.15) is 0 Å². The molecule has 2 nitrogen and oxygen atoms in total. The molecule has 78 valence electrons. The Bertz CT molecular complexity index is 328. The van der Waals surface area contributed by atoms with E-state index >= 15 is 0 Å². The largest absolute Gasteiger partial charge is 0.378 e. The van der Waals surface area contributed by atoms with E-state index in [1.165, 1.54) is 0 Å². The zero-order valence-corrected chi connectivity index (χ0v) is 10.1. The molecule has 1 aliphatic carbocycles. The molecule has 0 saturated heterocycles. The van der Waals surface area contributed by atoms with Gasteiger partial charge in [0, 0.05) is 0 Å². The SMILES string of the molecule is CCC1(O)C(Cl)=C(Cl)C(=O)C(Cl)=C1Cl. The average Bonchev–Trinajstić information content (AvgIpc) is 2.21. The van der Waals surface area contributed by atoms with Crippen molar-refractivity contribution in [3.63, 3.8) is 0 Å². The lowest BCUT2D eigenvalue weighted by Crippen LogP contribution is -2.34. The van der Waals surface area contributed by atoms with Crippen LogP contribution >= 0.6 is 46.4 Å². The van der Waals surface area contributed by atoms with Crippen LogP contribution in [0.15, 0.2) is 20.1 Å². The van der Waals surface area contributed by atoms with Gasteiger partial charge in [0.05, 0.1) is 10.1 Å². The Hall–Kier alpha value is 0.270. The number of carbonyl (C=O) groups is 1. The molecule has 1 aliphatic rings. The number of Topliss-reactive ketones (excluding diaryl/α,β-unsaturated/α-hetero) is 1. The van der Waals surface area contributed by atoms with E-state index in [-0.39, 0.29) is 26.5 Å². The van der Waals surface area contributed by atoms with Gasteiger partial charge in [-0.15, -0.1) is 0 Å². The molecule has 0 unspecified atom stereocenters. The molecule has 0 saturated carbocycles. The minimum absolute atomic E-state index is 0.180. The molecule has 0 aromatic heterocycles. The Labute approximate surface area is 101 Å². The van der Waals surface area contributed by atoms with Gasteiger partial charge in [-0.05, 0) is 6.42 Å². The number of hydrogen-bond acceptors (Lipinski definition) is 2. The van der Waals surface area contributed by atoms with Crippen LogP contribution in [-0.4, -0.2) is 16.5 Å². The fourth-order valence-electron chi connectivity index (χ4n) is 1.07. The molecule has 0 bridgehead atoms. The van der Waals surface area contributed by atoms with Crippen molar-refractivity contribution in [2.24, 2.45) is 0 Å². The Morgan fingerprint density at radius 1 is 1.14 bits per heavy atom. The minimum Gasteiger partial charge on any atom is -0.378 e. The van der Waals surface area contributed by atoms with Crippen LogP contribution in [0.2, 0.25) is 0 Å². The van der Waals surface area contributed by atoms with Crippen molar-refractivity contribution < 1.29 is 9.90 Å². The topological polar surface area (TPSA) is 37.3 Å². The highest BCUT2D eigenvalue weighted by atomic mass is 35.5. The van der Waals surface area contributed by atoms with Crippen LogP contribution in [0.1, 0.15) is 13.3 Å². The Morgan fingerprint density at radius 2 is 1.50 bits per heavy atom. The van der Waals surface area contributed by atoms with E-state index in [2.05, 4.69) is 0 Å². The highest BCUT2D eigenvalue weighted by Crippen LogP contribution is 2.44. The molecule has 0 aromatic carbocycles. The molecule has 0 radical (unpaired) electrons. The second kappa shape index (κ2) is 4.03. The van der Waals surface area contributed by atoms with Crippen molar-refractivity contribution in [2.45, 2.75) is 18.9 Å². The van der Waals surface area contributed by atoms with E-state index in [4.69, 9.17) is 46.4 Å². The number of carbonyl (C=O) groups excluding carboxylic acids is 1. The highest BCUT2D eigenvalue weighted by molar-refractivity contribution is 6.61. The zero-order valence-electron chi connectivity index (χ0n) is 7.07. The van der Waals surface area contributed by atoms with Crippen molar-refractivity contribution in [2.75, 3.05) is 0 Å². The molecular weight excluding hydrogens is 270 g/mol. The van der Waals surface area contributed by atoms with Gasteiger partial charge in [0.15, 0.2) is 0 Å². The van der Waals surface area contributed by atoms with Gasteiger partial charge in [0.2, 0.25) is 5.78 Å². The summed E-state index contributed by atoms with van der Waals surface area (Å²) in [6.07, 6.45) is 0.185. The third kappa shape index (κ3) is 1.59. The minimum atomic E-state index is -1.63. The van der Waals surface area contributed by atoms with Crippen LogP contribution in [0.3, 0.4) is 0 Å². The number of hydrogen-bond donors (Lipinski definition) is 1. The maximum absolute atomic E-state index is 11.3. The summed E-state index contributed by atoms with van der Waals surface area (Å²) in [5.74, 6) is -0.665. The first-order valence-corrected chi connectivity index (χ1v) is 5.26. The zero-order chi connectivity index (χ0) is 11.1. The van der Waals surface area contributed by atoms with Gasteiger partial charge in [-0.3, -0.25) is 4.79 Å². The van der Waals surface area contributed by atoms with Crippen molar-refractivity contribution in [1.29, 1.82) is 0 Å². The summed E-state index contributed by atoms with van der Waals surface area (Å²) in [6, 6.07) is 0. The van der Waals surface area contributed by atoms with E-state index in [9.17, 15) is 9.90 Å². The number of rotatable bonds is 1. The van der Waals surface area contributed by atoms with Gasteiger partial charge in [0.25, 0.3) is 0 Å². The molecule has 0 aliphatic heterocycles. The fourth-order valence-corrected chi connectivity index (χ4v) is 2.29. The van der Waals surface area contributed by atoms with Crippen molar-refractivity contribution in [3.05, 3.63) is 20.1 Å². The van der Waals surface area contributed by atoms with Gasteiger partial charge in [-0.1, -0.05) is 53.3 Å².